The lowest BCUT2D eigenvalue weighted by Crippen LogP contribution is -2.18. The van der Waals surface area contributed by atoms with E-state index in [4.69, 9.17) is 11.6 Å². The molecule has 0 amide bonds. The van der Waals surface area contributed by atoms with E-state index in [0.717, 1.165) is 34.3 Å². The largest absolute Gasteiger partial charge is 0.355 e. The highest BCUT2D eigenvalue weighted by molar-refractivity contribution is 6.31. The van der Waals surface area contributed by atoms with E-state index >= 15 is 0 Å². The van der Waals surface area contributed by atoms with Crippen molar-refractivity contribution in [3.05, 3.63) is 76.4 Å². The van der Waals surface area contributed by atoms with Gasteiger partial charge in [0, 0.05) is 36.1 Å². The number of aromatic nitrogens is 2. The lowest BCUT2D eigenvalue weighted by Gasteiger charge is -2.20. The number of rotatable bonds is 5. The fourth-order valence-electron chi connectivity index (χ4n) is 2.61. The van der Waals surface area contributed by atoms with Crippen molar-refractivity contribution < 1.29 is 0 Å². The molecule has 0 aliphatic carbocycles. The first kappa shape index (κ1) is 17.2. The van der Waals surface area contributed by atoms with Gasteiger partial charge >= 0.3 is 0 Å². The van der Waals surface area contributed by atoms with Crippen LogP contribution >= 0.6 is 11.6 Å². The molecule has 0 saturated heterocycles. The molecule has 2 aromatic carbocycles. The third kappa shape index (κ3) is 4.28. The molecule has 0 aliphatic rings. The van der Waals surface area contributed by atoms with Gasteiger partial charge in [0.05, 0.1) is 0 Å². The van der Waals surface area contributed by atoms with Gasteiger partial charge in [-0.2, -0.15) is 4.98 Å². The van der Waals surface area contributed by atoms with Crippen molar-refractivity contribution in [2.45, 2.75) is 20.4 Å². The molecule has 0 fully saturated rings. The van der Waals surface area contributed by atoms with Gasteiger partial charge in [0.1, 0.15) is 5.82 Å². The van der Waals surface area contributed by atoms with E-state index in [0.29, 0.717) is 5.95 Å². The lowest BCUT2D eigenvalue weighted by molar-refractivity contribution is 0.888. The minimum absolute atomic E-state index is 0.570. The van der Waals surface area contributed by atoms with Gasteiger partial charge in [0.15, 0.2) is 0 Å². The number of nitrogens with one attached hydrogen (secondary N) is 1. The predicted molar refractivity (Wildman–Crippen MR) is 105 cm³/mol. The Morgan fingerprint density at radius 2 is 1.76 bits per heavy atom. The van der Waals surface area contributed by atoms with Gasteiger partial charge in [-0.1, -0.05) is 48.0 Å². The molecule has 0 atom stereocenters. The van der Waals surface area contributed by atoms with Crippen LogP contribution in [0, 0.1) is 13.8 Å². The average Bonchev–Trinajstić information content (AvgIpc) is 2.59. The van der Waals surface area contributed by atoms with E-state index in [2.05, 4.69) is 32.3 Å². The highest BCUT2D eigenvalue weighted by Gasteiger charge is 2.09. The van der Waals surface area contributed by atoms with E-state index < -0.39 is 0 Å². The van der Waals surface area contributed by atoms with Gasteiger partial charge in [-0.05, 0) is 37.1 Å². The quantitative estimate of drug-likeness (QED) is 0.691. The highest BCUT2D eigenvalue weighted by atomic mass is 35.5. The van der Waals surface area contributed by atoms with Crippen LogP contribution < -0.4 is 10.2 Å². The summed E-state index contributed by atoms with van der Waals surface area (Å²) < 4.78 is 0. The summed E-state index contributed by atoms with van der Waals surface area (Å²) in [7, 11) is 2.03. The molecule has 1 heterocycles. The number of nitrogens with zero attached hydrogens (tertiary/aromatic N) is 3. The standard InChI is InChI=1S/C20H21ClN4/c1-14-12-19(25(3)13-16-8-5-4-6-9-16)24-20(22-14)23-18-11-7-10-17(21)15(18)2/h4-12H,13H2,1-3H3,(H,22,23,24). The molecule has 4 nitrogen and oxygen atoms in total. The second-order valence-corrected chi connectivity index (χ2v) is 6.48. The minimum atomic E-state index is 0.570. The van der Waals surface area contributed by atoms with E-state index in [1.54, 1.807) is 0 Å². The van der Waals surface area contributed by atoms with Crippen molar-refractivity contribution in [2.24, 2.45) is 0 Å². The summed E-state index contributed by atoms with van der Waals surface area (Å²) >= 11 is 6.19. The van der Waals surface area contributed by atoms with Crippen LogP contribution in [0.15, 0.2) is 54.6 Å². The van der Waals surface area contributed by atoms with Crippen molar-refractivity contribution in [3.63, 3.8) is 0 Å². The van der Waals surface area contributed by atoms with Crippen LogP contribution in [0.2, 0.25) is 5.02 Å². The fourth-order valence-corrected chi connectivity index (χ4v) is 2.78. The molecule has 0 spiro atoms. The molecule has 25 heavy (non-hydrogen) atoms. The van der Waals surface area contributed by atoms with Crippen LogP contribution in [-0.2, 0) is 6.54 Å². The van der Waals surface area contributed by atoms with Crippen LogP contribution in [0.5, 0.6) is 0 Å². The van der Waals surface area contributed by atoms with Gasteiger partial charge in [0.2, 0.25) is 5.95 Å². The van der Waals surface area contributed by atoms with E-state index in [-0.39, 0.29) is 0 Å². The Morgan fingerprint density at radius 1 is 1.00 bits per heavy atom. The molecule has 1 N–H and O–H groups in total. The second kappa shape index (κ2) is 7.53. The zero-order chi connectivity index (χ0) is 17.8. The molecule has 3 aromatic rings. The molecule has 0 aliphatic heterocycles. The molecule has 128 valence electrons. The minimum Gasteiger partial charge on any atom is -0.355 e. The summed E-state index contributed by atoms with van der Waals surface area (Å²) in [4.78, 5) is 11.3. The number of halogens is 1. The second-order valence-electron chi connectivity index (χ2n) is 6.07. The SMILES string of the molecule is Cc1cc(N(C)Cc2ccccc2)nc(Nc2cccc(Cl)c2C)n1. The monoisotopic (exact) mass is 352 g/mol. The van der Waals surface area contributed by atoms with Gasteiger partial charge in [-0.3, -0.25) is 0 Å². The Bertz CT molecular complexity index is 865. The maximum absolute atomic E-state index is 6.19. The van der Waals surface area contributed by atoms with Crippen LogP contribution in [0.1, 0.15) is 16.8 Å². The van der Waals surface area contributed by atoms with Crippen LogP contribution in [0.3, 0.4) is 0 Å². The first-order chi connectivity index (χ1) is 12.0. The van der Waals surface area contributed by atoms with E-state index in [1.807, 2.05) is 63.4 Å². The smallest absolute Gasteiger partial charge is 0.229 e. The molecule has 5 heteroatoms. The zero-order valence-corrected chi connectivity index (χ0v) is 15.4. The number of benzene rings is 2. The molecule has 3 rings (SSSR count). The Balaban J connectivity index is 1.84. The van der Waals surface area contributed by atoms with E-state index in [9.17, 15) is 0 Å². The summed E-state index contributed by atoms with van der Waals surface area (Å²) in [6, 6.07) is 18.1. The Labute approximate surface area is 153 Å². The third-order valence-corrected chi connectivity index (χ3v) is 4.42. The molecular formula is C20H21ClN4. The van der Waals surface area contributed by atoms with Gasteiger partial charge in [-0.25, -0.2) is 4.98 Å². The van der Waals surface area contributed by atoms with Crippen molar-refractivity contribution in [1.82, 2.24) is 9.97 Å². The first-order valence-electron chi connectivity index (χ1n) is 8.16. The van der Waals surface area contributed by atoms with Crippen LogP contribution in [0.25, 0.3) is 0 Å². The number of hydrogen-bond donors (Lipinski definition) is 1. The average molecular weight is 353 g/mol. The zero-order valence-electron chi connectivity index (χ0n) is 14.6. The number of aryl methyl sites for hydroxylation is 1. The van der Waals surface area contributed by atoms with Gasteiger partial charge < -0.3 is 10.2 Å². The maximum atomic E-state index is 6.19. The predicted octanol–water partition coefficient (Wildman–Crippen LogP) is 5.13. The van der Waals surface area contributed by atoms with Gasteiger partial charge in [0.25, 0.3) is 0 Å². The van der Waals surface area contributed by atoms with Crippen LogP contribution in [0.4, 0.5) is 17.5 Å². The summed E-state index contributed by atoms with van der Waals surface area (Å²) in [6.07, 6.45) is 0. The molecule has 0 bridgehead atoms. The molecule has 0 saturated carbocycles. The maximum Gasteiger partial charge on any atom is 0.229 e. The normalized spacial score (nSPS) is 10.6. The molecule has 1 aromatic heterocycles. The van der Waals surface area contributed by atoms with Gasteiger partial charge in [-0.15, -0.1) is 0 Å². The number of hydrogen-bond acceptors (Lipinski definition) is 4. The Morgan fingerprint density at radius 3 is 2.52 bits per heavy atom. The fraction of sp³-hybridized carbons (Fsp3) is 0.200. The topological polar surface area (TPSA) is 41.1 Å². The molecular weight excluding hydrogens is 332 g/mol. The summed E-state index contributed by atoms with van der Waals surface area (Å²) in [6.45, 7) is 4.73. The Kier molecular flexibility index (Phi) is 5.19. The summed E-state index contributed by atoms with van der Waals surface area (Å²) in [5, 5.41) is 4.00. The molecule has 0 unspecified atom stereocenters. The third-order valence-electron chi connectivity index (χ3n) is 4.01. The lowest BCUT2D eigenvalue weighted by atomic mass is 10.2. The summed E-state index contributed by atoms with van der Waals surface area (Å²) in [5.41, 5.74) is 4.04. The highest BCUT2D eigenvalue weighted by Crippen LogP contribution is 2.26. The summed E-state index contributed by atoms with van der Waals surface area (Å²) in [5.74, 6) is 1.44. The van der Waals surface area contributed by atoms with Crippen molar-refractivity contribution in [3.8, 4) is 0 Å². The van der Waals surface area contributed by atoms with Crippen LogP contribution in [-0.4, -0.2) is 17.0 Å². The Hall–Kier alpha value is -2.59. The van der Waals surface area contributed by atoms with E-state index in [1.165, 1.54) is 5.56 Å². The number of anilines is 3. The first-order valence-corrected chi connectivity index (χ1v) is 8.53. The molecule has 0 radical (unpaired) electrons. The van der Waals surface area contributed by atoms with Crippen molar-refractivity contribution >= 4 is 29.1 Å². The van der Waals surface area contributed by atoms with Crippen molar-refractivity contribution in [2.75, 3.05) is 17.3 Å². The van der Waals surface area contributed by atoms with Crippen molar-refractivity contribution in [1.29, 1.82) is 0 Å².